The summed E-state index contributed by atoms with van der Waals surface area (Å²) in [6, 6.07) is 11.1. The van der Waals surface area contributed by atoms with Crippen molar-refractivity contribution in [3.05, 3.63) is 59.4 Å². The summed E-state index contributed by atoms with van der Waals surface area (Å²) < 4.78 is 48.8. The Morgan fingerprint density at radius 1 is 1.11 bits per heavy atom. The highest BCUT2D eigenvalue weighted by Crippen LogP contribution is 2.32. The molecular weight excluding hydrogens is 486 g/mol. The van der Waals surface area contributed by atoms with Crippen LogP contribution in [0.4, 0.5) is 13.2 Å². The van der Waals surface area contributed by atoms with Crippen molar-refractivity contribution in [3.63, 3.8) is 0 Å². The van der Waals surface area contributed by atoms with Crippen LogP contribution in [-0.2, 0) is 13.1 Å². The van der Waals surface area contributed by atoms with Crippen molar-refractivity contribution in [1.82, 2.24) is 10.6 Å². The first-order valence-corrected chi connectivity index (χ1v) is 8.42. The van der Waals surface area contributed by atoms with Gasteiger partial charge in [0.1, 0.15) is 5.82 Å². The van der Waals surface area contributed by atoms with Gasteiger partial charge in [-0.3, -0.25) is 4.99 Å². The van der Waals surface area contributed by atoms with Crippen LogP contribution in [0.3, 0.4) is 0 Å². The molecule has 0 aliphatic heterocycles. The van der Waals surface area contributed by atoms with Crippen molar-refractivity contribution in [2.75, 3.05) is 13.7 Å². The molecule has 0 atom stereocenters. The first-order chi connectivity index (χ1) is 13.0. The first kappa shape index (κ1) is 23.9. The monoisotopic (exact) mass is 509 g/mol. The fourth-order valence-corrected chi connectivity index (χ4v) is 2.42. The molecule has 0 unspecified atom stereocenters. The maximum Gasteiger partial charge on any atom is 0.387 e. The number of alkyl halides is 2. The maximum absolute atomic E-state index is 13.2. The minimum atomic E-state index is -2.96. The van der Waals surface area contributed by atoms with Crippen molar-refractivity contribution in [3.8, 4) is 11.5 Å². The number of aliphatic imine (C=N–C) groups is 1. The third-order valence-electron chi connectivity index (χ3n) is 3.59. The van der Waals surface area contributed by atoms with Gasteiger partial charge in [-0.15, -0.1) is 24.0 Å². The Morgan fingerprint density at radius 3 is 2.46 bits per heavy atom. The average Bonchev–Trinajstić information content (AvgIpc) is 2.64. The molecular formula is C19H23F3IN3O2. The number of halogens is 4. The van der Waals surface area contributed by atoms with E-state index in [1.807, 2.05) is 0 Å². The van der Waals surface area contributed by atoms with Crippen LogP contribution in [-0.4, -0.2) is 26.2 Å². The van der Waals surface area contributed by atoms with Crippen LogP contribution >= 0.6 is 24.0 Å². The zero-order valence-corrected chi connectivity index (χ0v) is 17.9. The molecule has 2 rings (SSSR count). The summed E-state index contributed by atoms with van der Waals surface area (Å²) in [7, 11) is 1.58. The summed E-state index contributed by atoms with van der Waals surface area (Å²) >= 11 is 0. The first-order valence-electron chi connectivity index (χ1n) is 8.42. The molecule has 2 aromatic rings. The van der Waals surface area contributed by atoms with Gasteiger partial charge >= 0.3 is 6.61 Å². The van der Waals surface area contributed by atoms with Gasteiger partial charge in [0.2, 0.25) is 0 Å². The largest absolute Gasteiger partial charge is 0.490 e. The van der Waals surface area contributed by atoms with E-state index in [1.165, 1.54) is 12.1 Å². The van der Waals surface area contributed by atoms with Gasteiger partial charge in [-0.05, 0) is 30.7 Å². The Balaban J connectivity index is 0.00000392. The molecule has 2 aromatic carbocycles. The summed E-state index contributed by atoms with van der Waals surface area (Å²) in [5.41, 5.74) is 1.24. The fraction of sp³-hybridized carbons (Fsp3) is 0.316. The van der Waals surface area contributed by atoms with Crippen molar-refractivity contribution < 1.29 is 22.6 Å². The number of nitrogens with zero attached hydrogens (tertiary/aromatic N) is 1. The second kappa shape index (κ2) is 12.3. The molecule has 154 valence electrons. The van der Waals surface area contributed by atoms with Gasteiger partial charge in [0.05, 0.1) is 6.61 Å². The molecule has 28 heavy (non-hydrogen) atoms. The standard InChI is InChI=1S/C19H22F3N3O2.HI/c1-3-26-16-9-5-7-14(17(16)27-18(21)22)12-25-19(23-2)24-11-13-6-4-8-15(20)10-13;/h4-10,18H,3,11-12H2,1-2H3,(H2,23,24,25);1H. The number of hydrogen-bond donors (Lipinski definition) is 2. The van der Waals surface area contributed by atoms with Gasteiger partial charge < -0.3 is 20.1 Å². The van der Waals surface area contributed by atoms with Crippen LogP contribution in [0, 0.1) is 5.82 Å². The lowest BCUT2D eigenvalue weighted by Gasteiger charge is -2.17. The van der Waals surface area contributed by atoms with E-state index in [1.54, 1.807) is 44.3 Å². The molecule has 2 N–H and O–H groups in total. The Bertz CT molecular complexity index is 776. The van der Waals surface area contributed by atoms with Gasteiger partial charge in [-0.2, -0.15) is 8.78 Å². The average molecular weight is 509 g/mol. The Hall–Kier alpha value is -2.17. The fourth-order valence-electron chi connectivity index (χ4n) is 2.42. The quantitative estimate of drug-likeness (QED) is 0.317. The van der Waals surface area contributed by atoms with E-state index >= 15 is 0 Å². The second-order valence-electron chi connectivity index (χ2n) is 5.47. The van der Waals surface area contributed by atoms with E-state index < -0.39 is 6.61 Å². The molecule has 0 heterocycles. The summed E-state index contributed by atoms with van der Waals surface area (Å²) in [4.78, 5) is 4.07. The topological polar surface area (TPSA) is 54.9 Å². The SMILES string of the molecule is CCOc1cccc(CNC(=NC)NCc2cccc(F)c2)c1OC(F)F.I. The number of rotatable bonds is 8. The van der Waals surface area contributed by atoms with E-state index in [9.17, 15) is 13.2 Å². The molecule has 0 bridgehead atoms. The molecule has 0 radical (unpaired) electrons. The molecule has 0 saturated carbocycles. The van der Waals surface area contributed by atoms with Crippen molar-refractivity contribution in [1.29, 1.82) is 0 Å². The molecule has 0 aliphatic rings. The Kier molecular flexibility index (Phi) is 10.5. The van der Waals surface area contributed by atoms with Crippen LogP contribution < -0.4 is 20.1 Å². The molecule has 5 nitrogen and oxygen atoms in total. The highest BCUT2D eigenvalue weighted by atomic mass is 127. The minimum Gasteiger partial charge on any atom is -0.490 e. The van der Waals surface area contributed by atoms with Crippen LogP contribution in [0.1, 0.15) is 18.1 Å². The maximum atomic E-state index is 13.2. The summed E-state index contributed by atoms with van der Waals surface area (Å²) in [5.74, 6) is 0.352. The van der Waals surface area contributed by atoms with Gasteiger partial charge in [-0.1, -0.05) is 24.3 Å². The van der Waals surface area contributed by atoms with E-state index in [4.69, 9.17) is 4.74 Å². The molecule has 0 aromatic heterocycles. The lowest BCUT2D eigenvalue weighted by atomic mass is 10.2. The van der Waals surface area contributed by atoms with Crippen molar-refractivity contribution in [2.24, 2.45) is 4.99 Å². The highest BCUT2D eigenvalue weighted by molar-refractivity contribution is 14.0. The molecule has 0 aliphatic carbocycles. The third-order valence-corrected chi connectivity index (χ3v) is 3.59. The zero-order chi connectivity index (χ0) is 19.6. The molecule has 0 saturated heterocycles. The summed E-state index contributed by atoms with van der Waals surface area (Å²) in [6.07, 6.45) is 0. The normalized spacial score (nSPS) is 11.0. The molecule has 0 spiro atoms. The predicted molar refractivity (Wildman–Crippen MR) is 113 cm³/mol. The van der Waals surface area contributed by atoms with E-state index in [2.05, 4.69) is 20.4 Å². The highest BCUT2D eigenvalue weighted by Gasteiger charge is 2.16. The number of nitrogens with one attached hydrogen (secondary N) is 2. The second-order valence-corrected chi connectivity index (χ2v) is 5.47. The smallest absolute Gasteiger partial charge is 0.387 e. The van der Waals surface area contributed by atoms with Crippen LogP contribution in [0.5, 0.6) is 11.5 Å². The van der Waals surface area contributed by atoms with Crippen molar-refractivity contribution in [2.45, 2.75) is 26.6 Å². The van der Waals surface area contributed by atoms with Crippen LogP contribution in [0.15, 0.2) is 47.5 Å². The summed E-state index contributed by atoms with van der Waals surface area (Å²) in [5, 5.41) is 6.05. The minimum absolute atomic E-state index is 0. The van der Waals surface area contributed by atoms with E-state index in [0.717, 1.165) is 5.56 Å². The van der Waals surface area contributed by atoms with Gasteiger partial charge in [0.15, 0.2) is 17.5 Å². The number of para-hydroxylation sites is 1. The Labute approximate surface area is 179 Å². The number of guanidine groups is 1. The molecule has 9 heteroatoms. The van der Waals surface area contributed by atoms with Gasteiger partial charge in [0.25, 0.3) is 0 Å². The summed E-state index contributed by atoms with van der Waals surface area (Å²) in [6.45, 7) is -0.332. The molecule has 0 amide bonds. The predicted octanol–water partition coefficient (Wildman–Crippen LogP) is 4.31. The zero-order valence-electron chi connectivity index (χ0n) is 15.5. The lowest BCUT2D eigenvalue weighted by Crippen LogP contribution is -2.36. The van der Waals surface area contributed by atoms with Gasteiger partial charge in [0, 0.05) is 25.7 Å². The van der Waals surface area contributed by atoms with Crippen molar-refractivity contribution >= 4 is 29.9 Å². The molecule has 0 fully saturated rings. The Morgan fingerprint density at radius 2 is 1.82 bits per heavy atom. The lowest BCUT2D eigenvalue weighted by molar-refractivity contribution is -0.0520. The van der Waals surface area contributed by atoms with Crippen LogP contribution in [0.2, 0.25) is 0 Å². The number of ether oxygens (including phenoxy) is 2. The van der Waals surface area contributed by atoms with E-state index in [-0.39, 0.29) is 47.8 Å². The number of benzene rings is 2. The number of hydrogen-bond acceptors (Lipinski definition) is 3. The third kappa shape index (κ3) is 7.45. The van der Waals surface area contributed by atoms with Crippen LogP contribution in [0.25, 0.3) is 0 Å². The van der Waals surface area contributed by atoms with E-state index in [0.29, 0.717) is 24.7 Å². The van der Waals surface area contributed by atoms with Gasteiger partial charge in [-0.25, -0.2) is 4.39 Å².